The second-order valence-electron chi connectivity index (χ2n) is 15.3. The number of nitrogens with one attached hydrogen (secondary N) is 1. The first-order valence-electron chi connectivity index (χ1n) is 14.8. The van der Waals surface area contributed by atoms with Gasteiger partial charge in [-0.15, -0.1) is 0 Å². The summed E-state index contributed by atoms with van der Waals surface area (Å²) in [6.07, 6.45) is 7.46. The summed E-state index contributed by atoms with van der Waals surface area (Å²) in [5.74, 6) is -2.03. The zero-order valence-corrected chi connectivity index (χ0v) is 25.5. The molecule has 5 rings (SSSR count). The number of fused-ring (bicyclic) bond motifs is 5. The van der Waals surface area contributed by atoms with Gasteiger partial charge in [0, 0.05) is 23.8 Å². The third kappa shape index (κ3) is 3.01. The minimum Gasteiger partial charge on any atom is -0.449 e. The minimum atomic E-state index is -1.44. The van der Waals surface area contributed by atoms with E-state index in [0.29, 0.717) is 32.1 Å². The second kappa shape index (κ2) is 8.17. The van der Waals surface area contributed by atoms with Gasteiger partial charge in [-0.1, -0.05) is 54.5 Å². The highest BCUT2D eigenvalue weighted by molar-refractivity contribution is 6.16. The molecule has 1 amide bonds. The van der Waals surface area contributed by atoms with E-state index in [1.165, 1.54) is 7.05 Å². The number of nitriles is 1. The van der Waals surface area contributed by atoms with E-state index < -0.39 is 50.3 Å². The molecule has 2 unspecified atom stereocenters. The number of esters is 1. The highest BCUT2D eigenvalue weighted by Crippen LogP contribution is 2.76. The molecule has 0 aromatic rings. The Morgan fingerprint density at radius 3 is 2.35 bits per heavy atom. The fourth-order valence-corrected chi connectivity index (χ4v) is 9.98. The van der Waals surface area contributed by atoms with Crippen molar-refractivity contribution in [2.75, 3.05) is 7.05 Å². The quantitative estimate of drug-likeness (QED) is 0.381. The maximum absolute atomic E-state index is 14.5. The van der Waals surface area contributed by atoms with Crippen molar-refractivity contribution in [2.24, 2.45) is 44.3 Å². The molecule has 1 N–H and O–H groups in total. The first kappa shape index (κ1) is 28.8. The molecule has 1 heterocycles. The molecule has 1 aliphatic heterocycles. The highest BCUT2D eigenvalue weighted by atomic mass is 16.6. The predicted molar refractivity (Wildman–Crippen MR) is 149 cm³/mol. The fourth-order valence-electron chi connectivity index (χ4n) is 9.98. The molecule has 5 aliphatic rings. The number of ketones is 2. The number of nitrogens with zero attached hydrogens (tertiary/aromatic N) is 1. The average Bonchev–Trinajstić information content (AvgIpc) is 3.03. The number of allylic oxidation sites excluding steroid dienone is 3. The standard InChI is InChI=1S/C33H44N2O5/c1-19-32(14-12-27(2,3)4)15-13-30(7)29(6)11-10-21-28(5,22(29)16-23(36)33(19,30)40-26(32)39)17-20(18-34)24(37)31(21,8)25(38)35-9/h16-17,19,21H,10-15H2,1-9H3,(H,35,38)/t19?,21?,28-,29+,30-,31-,32-,33+/m0/s1. The summed E-state index contributed by atoms with van der Waals surface area (Å²) >= 11 is 0. The smallest absolute Gasteiger partial charge is 0.313 e. The van der Waals surface area contributed by atoms with Crippen LogP contribution in [0.15, 0.2) is 23.3 Å². The second-order valence-corrected chi connectivity index (χ2v) is 15.3. The van der Waals surface area contributed by atoms with Gasteiger partial charge in [0.1, 0.15) is 11.5 Å². The minimum absolute atomic E-state index is 0.0432. The number of hydrogen-bond donors (Lipinski definition) is 1. The maximum Gasteiger partial charge on any atom is 0.313 e. The largest absolute Gasteiger partial charge is 0.449 e. The Morgan fingerprint density at radius 1 is 1.12 bits per heavy atom. The Bertz CT molecular complexity index is 1350. The Balaban J connectivity index is 1.70. The average molecular weight is 549 g/mol. The van der Waals surface area contributed by atoms with Crippen molar-refractivity contribution in [2.45, 2.75) is 99.5 Å². The molecule has 216 valence electrons. The van der Waals surface area contributed by atoms with Crippen LogP contribution in [0.5, 0.6) is 0 Å². The summed E-state index contributed by atoms with van der Waals surface area (Å²) in [5.41, 5.74) is -4.65. The number of hydrogen-bond acceptors (Lipinski definition) is 6. The third-order valence-corrected chi connectivity index (χ3v) is 12.7. The van der Waals surface area contributed by atoms with Gasteiger partial charge in [-0.25, -0.2) is 0 Å². The molecule has 3 fully saturated rings. The van der Waals surface area contributed by atoms with E-state index >= 15 is 0 Å². The lowest BCUT2D eigenvalue weighted by Crippen LogP contribution is -2.71. The summed E-state index contributed by atoms with van der Waals surface area (Å²) in [7, 11) is 1.51. The van der Waals surface area contributed by atoms with Crippen molar-refractivity contribution in [3.8, 4) is 6.07 Å². The molecular formula is C33H44N2O5. The van der Waals surface area contributed by atoms with E-state index in [2.05, 4.69) is 46.0 Å². The fraction of sp³-hybridized carbons (Fsp3) is 0.727. The molecule has 2 bridgehead atoms. The van der Waals surface area contributed by atoms with E-state index in [1.807, 2.05) is 13.8 Å². The molecule has 7 heteroatoms. The molecule has 8 atom stereocenters. The van der Waals surface area contributed by atoms with Crippen LogP contribution in [-0.4, -0.2) is 36.1 Å². The van der Waals surface area contributed by atoms with Gasteiger partial charge in [0.25, 0.3) is 0 Å². The number of ether oxygens (including phenoxy) is 1. The number of carbonyl (C=O) groups excluding carboxylic acids is 4. The van der Waals surface area contributed by atoms with Crippen LogP contribution < -0.4 is 5.32 Å². The highest BCUT2D eigenvalue weighted by Gasteiger charge is 2.81. The molecule has 0 radical (unpaired) electrons. The predicted octanol–water partition coefficient (Wildman–Crippen LogP) is 5.25. The summed E-state index contributed by atoms with van der Waals surface area (Å²) in [6.45, 7) is 16.4. The summed E-state index contributed by atoms with van der Waals surface area (Å²) in [6, 6.07) is 2.05. The summed E-state index contributed by atoms with van der Waals surface area (Å²) in [4.78, 5) is 55.1. The number of amides is 1. The van der Waals surface area contributed by atoms with Gasteiger partial charge in [0.05, 0.1) is 11.0 Å². The van der Waals surface area contributed by atoms with Crippen LogP contribution in [0.4, 0.5) is 0 Å². The number of Topliss-reactive ketones (excluding diaryl/α,β-unsaturated/α-hetero) is 1. The van der Waals surface area contributed by atoms with Crippen molar-refractivity contribution in [1.82, 2.24) is 5.32 Å². The van der Waals surface area contributed by atoms with Gasteiger partial charge < -0.3 is 10.1 Å². The lowest BCUT2D eigenvalue weighted by atomic mass is 9.34. The first-order chi connectivity index (χ1) is 18.4. The van der Waals surface area contributed by atoms with Gasteiger partial charge in [0.2, 0.25) is 5.91 Å². The summed E-state index contributed by atoms with van der Waals surface area (Å²) in [5, 5.41) is 12.6. The van der Waals surface area contributed by atoms with Crippen LogP contribution in [-0.2, 0) is 23.9 Å². The van der Waals surface area contributed by atoms with Gasteiger partial charge in [0.15, 0.2) is 17.2 Å². The van der Waals surface area contributed by atoms with Crippen LogP contribution in [0.25, 0.3) is 0 Å². The lowest BCUT2D eigenvalue weighted by molar-refractivity contribution is -0.199. The molecule has 7 nitrogen and oxygen atoms in total. The van der Waals surface area contributed by atoms with Gasteiger partial charge >= 0.3 is 5.97 Å². The van der Waals surface area contributed by atoms with Crippen molar-refractivity contribution >= 4 is 23.4 Å². The van der Waals surface area contributed by atoms with E-state index in [-0.39, 0.29) is 28.7 Å². The first-order valence-corrected chi connectivity index (χ1v) is 14.8. The molecule has 2 saturated carbocycles. The normalized spacial score (nSPS) is 45.8. The maximum atomic E-state index is 14.5. The van der Waals surface area contributed by atoms with Crippen LogP contribution in [0.1, 0.15) is 93.9 Å². The van der Waals surface area contributed by atoms with Crippen molar-refractivity contribution in [3.63, 3.8) is 0 Å². The Labute approximate surface area is 238 Å². The molecule has 4 aliphatic carbocycles. The molecule has 1 spiro atoms. The molecule has 40 heavy (non-hydrogen) atoms. The van der Waals surface area contributed by atoms with Crippen LogP contribution >= 0.6 is 0 Å². The molecule has 0 aromatic heterocycles. The SMILES string of the molecule is CNC(=O)[C@]1(C)C(=O)C(C#N)=C[C@]2(C)C3=CC(=O)[C@@]45OC(=O)[C@@](CCC(C)(C)C)(CC[C@@]4(C)[C@]3(C)CCC12)C5C. The zero-order valence-electron chi connectivity index (χ0n) is 25.5. The van der Waals surface area contributed by atoms with E-state index in [0.717, 1.165) is 12.0 Å². The van der Waals surface area contributed by atoms with Gasteiger partial charge in [-0.05, 0) is 73.8 Å². The Kier molecular flexibility index (Phi) is 5.88. The van der Waals surface area contributed by atoms with Crippen LogP contribution in [0.2, 0.25) is 0 Å². The van der Waals surface area contributed by atoms with Crippen molar-refractivity contribution in [1.29, 1.82) is 5.26 Å². The Morgan fingerprint density at radius 2 is 1.77 bits per heavy atom. The number of carbonyl (C=O) groups is 4. The molecule has 0 aromatic carbocycles. The molecule has 1 saturated heterocycles. The van der Waals surface area contributed by atoms with Crippen molar-refractivity contribution in [3.05, 3.63) is 23.3 Å². The van der Waals surface area contributed by atoms with Gasteiger partial charge in [-0.2, -0.15) is 5.26 Å². The lowest BCUT2D eigenvalue weighted by Gasteiger charge is -2.67. The third-order valence-electron chi connectivity index (χ3n) is 12.7. The number of rotatable bonds is 3. The van der Waals surface area contributed by atoms with Gasteiger partial charge in [-0.3, -0.25) is 19.2 Å². The Hall–Kier alpha value is -2.75. The van der Waals surface area contributed by atoms with Crippen molar-refractivity contribution < 1.29 is 23.9 Å². The van der Waals surface area contributed by atoms with E-state index in [1.54, 1.807) is 19.1 Å². The van der Waals surface area contributed by atoms with E-state index in [9.17, 15) is 24.4 Å². The van der Waals surface area contributed by atoms with Crippen LogP contribution in [0, 0.1) is 55.7 Å². The monoisotopic (exact) mass is 548 g/mol. The molecular weight excluding hydrogens is 504 g/mol. The zero-order chi connectivity index (χ0) is 29.9. The summed E-state index contributed by atoms with van der Waals surface area (Å²) < 4.78 is 6.39. The topological polar surface area (TPSA) is 113 Å². The van der Waals surface area contributed by atoms with Crippen LogP contribution in [0.3, 0.4) is 0 Å². The van der Waals surface area contributed by atoms with E-state index in [4.69, 9.17) is 4.74 Å².